The average molecular weight is 459 g/mol. The second-order valence-electron chi connectivity index (χ2n) is 8.76. The minimum Gasteiger partial charge on any atom is -0.497 e. The van der Waals surface area contributed by atoms with E-state index in [-0.39, 0.29) is 5.91 Å². The highest BCUT2D eigenvalue weighted by molar-refractivity contribution is 5.96. The zero-order valence-corrected chi connectivity index (χ0v) is 19.5. The summed E-state index contributed by atoms with van der Waals surface area (Å²) in [6.45, 7) is 3.92. The van der Waals surface area contributed by atoms with Gasteiger partial charge in [0.05, 0.1) is 19.3 Å². The van der Waals surface area contributed by atoms with E-state index in [1.807, 2.05) is 40.3 Å². The van der Waals surface area contributed by atoms with Crippen molar-refractivity contribution in [1.29, 1.82) is 0 Å². The predicted octanol–water partition coefficient (Wildman–Crippen LogP) is 2.39. The summed E-state index contributed by atoms with van der Waals surface area (Å²) in [6.07, 6.45) is 4.07. The van der Waals surface area contributed by atoms with Crippen molar-refractivity contribution in [2.24, 2.45) is 7.05 Å². The molecular weight excluding hydrogens is 432 g/mol. The summed E-state index contributed by atoms with van der Waals surface area (Å²) in [6, 6.07) is 6.02. The van der Waals surface area contributed by atoms with Gasteiger partial charge in [-0.25, -0.2) is 0 Å². The fraction of sp³-hybridized carbons (Fsp3) is 0.375. The molecule has 0 fully saturated rings. The Morgan fingerprint density at radius 1 is 1.18 bits per heavy atom. The predicted molar refractivity (Wildman–Crippen MR) is 124 cm³/mol. The van der Waals surface area contributed by atoms with Crippen LogP contribution in [0.25, 0.3) is 22.8 Å². The average Bonchev–Trinajstić information content (AvgIpc) is 3.59. The van der Waals surface area contributed by atoms with E-state index in [2.05, 4.69) is 26.5 Å². The summed E-state index contributed by atoms with van der Waals surface area (Å²) in [4.78, 5) is 15.5. The molecule has 0 atom stereocenters. The first kappa shape index (κ1) is 20.6. The van der Waals surface area contributed by atoms with Gasteiger partial charge in [0.2, 0.25) is 0 Å². The van der Waals surface area contributed by atoms with Crippen molar-refractivity contribution in [2.45, 2.75) is 39.3 Å². The van der Waals surface area contributed by atoms with Crippen LogP contribution in [-0.2, 0) is 39.4 Å². The second kappa shape index (κ2) is 7.82. The Labute approximate surface area is 196 Å². The third-order valence-corrected chi connectivity index (χ3v) is 6.99. The summed E-state index contributed by atoms with van der Waals surface area (Å²) >= 11 is 0. The van der Waals surface area contributed by atoms with Crippen LogP contribution in [0.2, 0.25) is 0 Å². The summed E-state index contributed by atoms with van der Waals surface area (Å²) in [5.74, 6) is 1.55. The van der Waals surface area contributed by atoms with E-state index >= 15 is 0 Å². The molecule has 10 heteroatoms. The Hall–Kier alpha value is -3.95. The Morgan fingerprint density at radius 2 is 2.06 bits per heavy atom. The van der Waals surface area contributed by atoms with Crippen molar-refractivity contribution in [3.63, 3.8) is 0 Å². The van der Waals surface area contributed by atoms with Gasteiger partial charge < -0.3 is 14.2 Å². The molecule has 0 saturated carbocycles. The van der Waals surface area contributed by atoms with Crippen LogP contribution in [0.4, 0.5) is 0 Å². The van der Waals surface area contributed by atoms with Crippen molar-refractivity contribution in [1.82, 2.24) is 39.6 Å². The molecule has 0 radical (unpaired) electrons. The molecule has 10 nitrogen and oxygen atoms in total. The molecule has 1 aliphatic heterocycles. The third-order valence-electron chi connectivity index (χ3n) is 6.99. The number of nitrogens with one attached hydrogen (secondary N) is 1. The van der Waals surface area contributed by atoms with Crippen LogP contribution >= 0.6 is 0 Å². The van der Waals surface area contributed by atoms with E-state index in [0.717, 1.165) is 71.2 Å². The molecule has 0 bridgehead atoms. The Kier molecular flexibility index (Phi) is 4.75. The number of aryl methyl sites for hydroxylation is 3. The standard InChI is InChI=1S/C24H26N8O2/c1-4-31-13-25-28-23(31)21-18-12-32(10-9-19(18)30(2)29-21)24(33)22-17-7-5-14-11-15(34-3)6-8-16(14)20(17)26-27-22/h6,8,11,13H,4-5,7,9-10,12H2,1-3H3,(H,26,27). The molecule has 1 amide bonds. The molecule has 1 N–H and O–H groups in total. The highest BCUT2D eigenvalue weighted by Gasteiger charge is 2.32. The second-order valence-corrected chi connectivity index (χ2v) is 8.76. The molecule has 4 aromatic rings. The number of aromatic amines is 1. The molecule has 2 aliphatic rings. The van der Waals surface area contributed by atoms with Crippen LogP contribution in [0.1, 0.15) is 39.8 Å². The van der Waals surface area contributed by atoms with Gasteiger partial charge in [-0.15, -0.1) is 10.2 Å². The van der Waals surface area contributed by atoms with E-state index < -0.39 is 0 Å². The molecule has 1 aliphatic carbocycles. The van der Waals surface area contributed by atoms with E-state index in [9.17, 15) is 4.79 Å². The van der Waals surface area contributed by atoms with Crippen LogP contribution in [0.5, 0.6) is 5.75 Å². The quantitative estimate of drug-likeness (QED) is 0.503. The normalized spacial score (nSPS) is 14.5. The van der Waals surface area contributed by atoms with Crippen molar-refractivity contribution in [2.75, 3.05) is 13.7 Å². The lowest BCUT2D eigenvalue weighted by Crippen LogP contribution is -2.37. The number of benzene rings is 1. The Bertz CT molecular complexity index is 1410. The monoisotopic (exact) mass is 458 g/mol. The van der Waals surface area contributed by atoms with Crippen molar-refractivity contribution in [3.8, 4) is 28.5 Å². The highest BCUT2D eigenvalue weighted by atomic mass is 16.5. The van der Waals surface area contributed by atoms with E-state index in [4.69, 9.17) is 9.84 Å². The lowest BCUT2D eigenvalue weighted by atomic mass is 9.88. The SMILES string of the molecule is CCn1cnnc1-c1nn(C)c2c1CN(C(=O)c1[nH]nc3c1CCc1cc(OC)ccc1-3)CC2. The number of H-pyrrole nitrogens is 1. The van der Waals surface area contributed by atoms with Crippen LogP contribution in [0.3, 0.4) is 0 Å². The van der Waals surface area contributed by atoms with Gasteiger partial charge in [0.25, 0.3) is 5.91 Å². The summed E-state index contributed by atoms with van der Waals surface area (Å²) in [5, 5.41) is 20.7. The first-order valence-electron chi connectivity index (χ1n) is 11.6. The minimum absolute atomic E-state index is 0.0249. The number of hydrogen-bond acceptors (Lipinski definition) is 6. The smallest absolute Gasteiger partial charge is 0.272 e. The van der Waals surface area contributed by atoms with Crippen LogP contribution in [0.15, 0.2) is 24.5 Å². The molecule has 0 spiro atoms. The largest absolute Gasteiger partial charge is 0.497 e. The van der Waals surface area contributed by atoms with Crippen LogP contribution in [-0.4, -0.2) is 59.2 Å². The number of ether oxygens (including phenoxy) is 1. The number of aromatic nitrogens is 7. The van der Waals surface area contributed by atoms with Gasteiger partial charge >= 0.3 is 0 Å². The van der Waals surface area contributed by atoms with Crippen molar-refractivity contribution >= 4 is 5.91 Å². The van der Waals surface area contributed by atoms with Gasteiger partial charge in [-0.3, -0.25) is 14.6 Å². The summed E-state index contributed by atoms with van der Waals surface area (Å²) < 4.78 is 9.25. The topological polar surface area (TPSA) is 107 Å². The minimum atomic E-state index is -0.0249. The zero-order valence-electron chi connectivity index (χ0n) is 19.5. The Balaban J connectivity index is 1.32. The maximum absolute atomic E-state index is 13.7. The number of nitrogens with zero attached hydrogens (tertiary/aromatic N) is 7. The number of methoxy groups -OCH3 is 1. The maximum atomic E-state index is 13.7. The molecule has 0 unspecified atom stereocenters. The van der Waals surface area contributed by atoms with Gasteiger partial charge in [-0.05, 0) is 43.5 Å². The lowest BCUT2D eigenvalue weighted by molar-refractivity contribution is 0.0726. The summed E-state index contributed by atoms with van der Waals surface area (Å²) in [7, 11) is 3.62. The molecule has 6 rings (SSSR count). The Morgan fingerprint density at radius 3 is 2.88 bits per heavy atom. The van der Waals surface area contributed by atoms with Crippen LogP contribution < -0.4 is 4.74 Å². The van der Waals surface area contributed by atoms with Gasteiger partial charge in [0.15, 0.2) is 5.82 Å². The molecule has 174 valence electrons. The first-order valence-corrected chi connectivity index (χ1v) is 11.6. The molecule has 4 heterocycles. The molecule has 1 aromatic carbocycles. The summed E-state index contributed by atoms with van der Waals surface area (Å²) in [5.41, 5.74) is 7.67. The highest BCUT2D eigenvalue weighted by Crippen LogP contribution is 2.36. The van der Waals surface area contributed by atoms with Gasteiger partial charge in [-0.1, -0.05) is 0 Å². The number of carbonyl (C=O) groups excluding carboxylic acids is 1. The number of fused-ring (bicyclic) bond motifs is 4. The number of hydrogen-bond donors (Lipinski definition) is 1. The first-order chi connectivity index (χ1) is 16.6. The van der Waals surface area contributed by atoms with E-state index in [1.165, 1.54) is 5.56 Å². The van der Waals surface area contributed by atoms with Crippen molar-refractivity contribution in [3.05, 3.63) is 52.6 Å². The van der Waals surface area contributed by atoms with E-state index in [1.54, 1.807) is 13.4 Å². The van der Waals surface area contributed by atoms with Gasteiger partial charge in [0, 0.05) is 48.9 Å². The van der Waals surface area contributed by atoms with Crippen molar-refractivity contribution < 1.29 is 9.53 Å². The third kappa shape index (κ3) is 3.05. The maximum Gasteiger partial charge on any atom is 0.272 e. The van der Waals surface area contributed by atoms with E-state index in [0.29, 0.717) is 18.8 Å². The lowest BCUT2D eigenvalue weighted by Gasteiger charge is -2.28. The fourth-order valence-electron chi connectivity index (χ4n) is 5.18. The molecule has 34 heavy (non-hydrogen) atoms. The van der Waals surface area contributed by atoms with Gasteiger partial charge in [-0.2, -0.15) is 10.2 Å². The molecule has 3 aromatic heterocycles. The van der Waals surface area contributed by atoms with Crippen LogP contribution in [0, 0.1) is 0 Å². The molecule has 0 saturated heterocycles. The number of carbonyl (C=O) groups is 1. The number of rotatable bonds is 4. The zero-order chi connectivity index (χ0) is 23.4. The fourth-order valence-corrected chi connectivity index (χ4v) is 5.18. The number of amides is 1. The van der Waals surface area contributed by atoms with Gasteiger partial charge in [0.1, 0.15) is 23.5 Å². The molecular formula is C24H26N8O2.